The van der Waals surface area contributed by atoms with Gasteiger partial charge in [-0.25, -0.2) is 0 Å². The summed E-state index contributed by atoms with van der Waals surface area (Å²) in [6, 6.07) is 0. The number of Topliss-reactive ketones (excluding diaryl/α,β-unsaturated/α-hetero) is 1. The molecule has 3 saturated carbocycles. The van der Waals surface area contributed by atoms with Gasteiger partial charge in [-0.15, -0.1) is 0 Å². The van der Waals surface area contributed by atoms with Crippen molar-refractivity contribution in [2.75, 3.05) is 12.4 Å². The van der Waals surface area contributed by atoms with Gasteiger partial charge in [-0.3, -0.25) is 23.7 Å². The van der Waals surface area contributed by atoms with Crippen LogP contribution in [0.25, 0.3) is 0 Å². The zero-order chi connectivity index (χ0) is 30.4. The molecule has 3 fully saturated rings. The van der Waals surface area contributed by atoms with Crippen LogP contribution in [0.3, 0.4) is 0 Å². The van der Waals surface area contributed by atoms with Gasteiger partial charge in [0.1, 0.15) is 5.76 Å². The quantitative estimate of drug-likeness (QED) is 0.276. The van der Waals surface area contributed by atoms with Crippen LogP contribution in [0.15, 0.2) is 23.5 Å². The van der Waals surface area contributed by atoms with E-state index in [-0.39, 0.29) is 41.6 Å². The SMILES string of the molecule is CCCCC(=O)O[C@]1(C(=O)COC(=O)CCS(=O)(=O)O)[C@@H](C)C[C@H]2[C@@H]3CCC4=CC(=O)C=C(O)[C@]4(C)[C@H]3CC[C@@]21C. The molecule has 41 heavy (non-hydrogen) atoms. The van der Waals surface area contributed by atoms with E-state index in [0.717, 1.165) is 18.4 Å². The van der Waals surface area contributed by atoms with Crippen molar-refractivity contribution in [1.82, 2.24) is 0 Å². The normalized spacial score (nSPS) is 36.3. The lowest BCUT2D eigenvalue weighted by molar-refractivity contribution is -0.197. The molecule has 0 heterocycles. The van der Waals surface area contributed by atoms with Gasteiger partial charge < -0.3 is 14.6 Å². The second-order valence-corrected chi connectivity index (χ2v) is 14.3. The van der Waals surface area contributed by atoms with Crippen LogP contribution in [0.2, 0.25) is 0 Å². The van der Waals surface area contributed by atoms with Gasteiger partial charge in [0.15, 0.2) is 18.0 Å². The summed E-state index contributed by atoms with van der Waals surface area (Å²) in [5.41, 5.74) is -2.05. The lowest BCUT2D eigenvalue weighted by Crippen LogP contribution is -2.61. The highest BCUT2D eigenvalue weighted by atomic mass is 32.2. The van der Waals surface area contributed by atoms with E-state index in [1.54, 1.807) is 6.08 Å². The lowest BCUT2D eigenvalue weighted by Gasteiger charge is -2.58. The van der Waals surface area contributed by atoms with Crippen LogP contribution in [-0.4, -0.2) is 59.5 Å². The van der Waals surface area contributed by atoms with E-state index < -0.39 is 63.1 Å². The largest absolute Gasteiger partial charge is 0.511 e. The first-order valence-corrected chi connectivity index (χ1v) is 16.2. The fourth-order valence-electron chi connectivity index (χ4n) is 8.58. The Kier molecular flexibility index (Phi) is 8.64. The number of hydrogen-bond acceptors (Lipinski definition) is 9. The maximum Gasteiger partial charge on any atom is 0.307 e. The third-order valence-electron chi connectivity index (χ3n) is 10.6. The second kappa shape index (κ2) is 11.3. The van der Waals surface area contributed by atoms with E-state index in [0.29, 0.717) is 32.1 Å². The van der Waals surface area contributed by atoms with Crippen LogP contribution in [0, 0.1) is 34.5 Å². The van der Waals surface area contributed by atoms with Crippen LogP contribution in [0.4, 0.5) is 0 Å². The van der Waals surface area contributed by atoms with Crippen molar-refractivity contribution in [3.05, 3.63) is 23.5 Å². The standard InChI is InChI=1S/C30H42O10S/c1-5-6-7-27(35)40-30(25(33)17-39-26(34)11-13-41(36,37)38)18(2)14-23-21-9-8-19-15-20(31)16-24(32)29(19,4)22(21)10-12-28(23,30)3/h15-16,18,21-23,32H,5-14,17H2,1-4H3,(H,36,37,38)/t18-,21+,22-,23-,28-,29-,30-/m0/s1. The number of carbonyl (C=O) groups excluding carboxylic acids is 4. The molecule has 0 radical (unpaired) electrons. The van der Waals surface area contributed by atoms with Gasteiger partial charge >= 0.3 is 11.9 Å². The minimum absolute atomic E-state index is 0.0294. The minimum atomic E-state index is -4.38. The molecule has 0 unspecified atom stereocenters. The van der Waals surface area contributed by atoms with Crippen molar-refractivity contribution in [3.8, 4) is 0 Å². The molecule has 0 amide bonds. The number of fused-ring (bicyclic) bond motifs is 5. The molecule has 0 aliphatic heterocycles. The topological polar surface area (TPSA) is 161 Å². The van der Waals surface area contributed by atoms with E-state index in [1.165, 1.54) is 6.08 Å². The maximum absolute atomic E-state index is 14.1. The Balaban J connectivity index is 1.65. The highest BCUT2D eigenvalue weighted by molar-refractivity contribution is 7.85. The Hall–Kier alpha value is -2.53. The average Bonchev–Trinajstić information content (AvgIpc) is 3.12. The summed E-state index contributed by atoms with van der Waals surface area (Å²) >= 11 is 0. The summed E-state index contributed by atoms with van der Waals surface area (Å²) in [4.78, 5) is 51.6. The summed E-state index contributed by atoms with van der Waals surface area (Å²) in [7, 11) is -4.38. The maximum atomic E-state index is 14.1. The first-order valence-electron chi connectivity index (χ1n) is 14.6. The molecule has 0 aromatic heterocycles. The van der Waals surface area contributed by atoms with Gasteiger partial charge in [0.05, 0.1) is 12.2 Å². The monoisotopic (exact) mass is 594 g/mol. The van der Waals surface area contributed by atoms with E-state index in [1.807, 2.05) is 27.7 Å². The predicted octanol–water partition coefficient (Wildman–Crippen LogP) is 4.29. The number of ketones is 2. The van der Waals surface area contributed by atoms with Crippen molar-refractivity contribution in [2.45, 2.75) is 91.1 Å². The van der Waals surface area contributed by atoms with Gasteiger partial charge in [-0.05, 0) is 69.3 Å². The Morgan fingerprint density at radius 2 is 1.78 bits per heavy atom. The Bertz CT molecular complexity index is 1280. The summed E-state index contributed by atoms with van der Waals surface area (Å²) in [6.07, 6.45) is 7.04. The highest BCUT2D eigenvalue weighted by Gasteiger charge is 2.71. The van der Waals surface area contributed by atoms with Gasteiger partial charge in [-0.2, -0.15) is 8.42 Å². The second-order valence-electron chi connectivity index (χ2n) is 12.7. The van der Waals surface area contributed by atoms with Crippen molar-refractivity contribution in [3.63, 3.8) is 0 Å². The lowest BCUT2D eigenvalue weighted by atomic mass is 9.46. The van der Waals surface area contributed by atoms with Crippen molar-refractivity contribution in [2.24, 2.45) is 34.5 Å². The molecule has 4 aliphatic rings. The highest BCUT2D eigenvalue weighted by Crippen LogP contribution is 2.69. The van der Waals surface area contributed by atoms with Gasteiger partial charge in [0.25, 0.3) is 10.1 Å². The third-order valence-corrected chi connectivity index (χ3v) is 11.3. The predicted molar refractivity (Wildman–Crippen MR) is 148 cm³/mol. The molecule has 0 aromatic carbocycles. The molecule has 2 N–H and O–H groups in total. The first-order chi connectivity index (χ1) is 19.1. The molecule has 4 rings (SSSR count). The number of esters is 2. The van der Waals surface area contributed by atoms with Gasteiger partial charge in [0, 0.05) is 29.2 Å². The molecule has 0 aromatic rings. The van der Waals surface area contributed by atoms with Gasteiger partial charge in [-0.1, -0.05) is 32.8 Å². The molecular weight excluding hydrogens is 552 g/mol. The number of allylic oxidation sites excluding steroid dienone is 3. The number of ether oxygens (including phenoxy) is 2. The summed E-state index contributed by atoms with van der Waals surface area (Å²) in [5.74, 6) is -3.20. The number of aliphatic hydroxyl groups is 1. The first kappa shape index (κ1) is 31.4. The van der Waals surface area contributed by atoms with Crippen LogP contribution in [0.1, 0.15) is 85.5 Å². The van der Waals surface area contributed by atoms with E-state index in [2.05, 4.69) is 0 Å². The number of carbonyl (C=O) groups is 4. The molecule has 10 nitrogen and oxygen atoms in total. The molecule has 0 saturated heterocycles. The van der Waals surface area contributed by atoms with Crippen LogP contribution < -0.4 is 0 Å². The van der Waals surface area contributed by atoms with E-state index in [4.69, 9.17) is 14.0 Å². The molecule has 7 atom stereocenters. The molecule has 0 bridgehead atoms. The van der Waals surface area contributed by atoms with Crippen molar-refractivity contribution >= 4 is 33.6 Å². The minimum Gasteiger partial charge on any atom is -0.511 e. The van der Waals surface area contributed by atoms with Crippen LogP contribution >= 0.6 is 0 Å². The number of rotatable bonds is 10. The summed E-state index contributed by atoms with van der Waals surface area (Å²) in [6.45, 7) is 7.13. The zero-order valence-corrected chi connectivity index (χ0v) is 25.1. The molecule has 0 spiro atoms. The van der Waals surface area contributed by atoms with Crippen LogP contribution in [0.5, 0.6) is 0 Å². The fourth-order valence-corrected chi connectivity index (χ4v) is 9.01. The fraction of sp³-hybridized carbons (Fsp3) is 0.733. The van der Waals surface area contributed by atoms with Gasteiger partial charge in [0.2, 0.25) is 5.78 Å². The Labute approximate surface area is 241 Å². The molecule has 11 heteroatoms. The third kappa shape index (κ3) is 5.40. The summed E-state index contributed by atoms with van der Waals surface area (Å²) in [5, 5.41) is 11.0. The van der Waals surface area contributed by atoms with Crippen molar-refractivity contribution in [1.29, 1.82) is 0 Å². The van der Waals surface area contributed by atoms with E-state index in [9.17, 15) is 32.7 Å². The smallest absolute Gasteiger partial charge is 0.307 e. The average molecular weight is 595 g/mol. The van der Waals surface area contributed by atoms with Crippen LogP contribution in [-0.2, 0) is 38.8 Å². The number of aliphatic hydroxyl groups excluding tert-OH is 1. The zero-order valence-electron chi connectivity index (χ0n) is 24.3. The summed E-state index contributed by atoms with van der Waals surface area (Å²) < 4.78 is 42.4. The van der Waals surface area contributed by atoms with Crippen molar-refractivity contribution < 1.29 is 46.7 Å². The molecule has 228 valence electrons. The number of unbranched alkanes of at least 4 members (excludes halogenated alkanes) is 1. The molecule has 4 aliphatic carbocycles. The Morgan fingerprint density at radius 3 is 2.44 bits per heavy atom. The van der Waals surface area contributed by atoms with E-state index >= 15 is 0 Å². The molecular formula is C30H42O10S. The Morgan fingerprint density at radius 1 is 1.07 bits per heavy atom. The number of hydrogen-bond donors (Lipinski definition) is 2.